The third-order valence-electron chi connectivity index (χ3n) is 0.944. The summed E-state index contributed by atoms with van der Waals surface area (Å²) < 4.78 is 15.8. The average molecular weight is 255 g/mol. The van der Waals surface area contributed by atoms with Gasteiger partial charge in [0, 0.05) is 0 Å². The van der Waals surface area contributed by atoms with Gasteiger partial charge < -0.3 is 0 Å². The van der Waals surface area contributed by atoms with E-state index in [-0.39, 0.29) is 0 Å². The fourth-order valence-corrected chi connectivity index (χ4v) is 2.56. The molecule has 0 fully saturated rings. The molecule has 0 rings (SSSR count). The van der Waals surface area contributed by atoms with Crippen LogP contribution in [0.4, 0.5) is 0 Å². The van der Waals surface area contributed by atoms with Crippen LogP contribution in [0.5, 0.6) is 0 Å². The van der Waals surface area contributed by atoms with Crippen LogP contribution in [0.25, 0.3) is 0 Å². The van der Waals surface area contributed by atoms with Crippen molar-refractivity contribution < 1.29 is 11.2 Å². The third-order valence-corrected chi connectivity index (χ3v) is 3.42. The van der Waals surface area contributed by atoms with Crippen molar-refractivity contribution in [1.82, 2.24) is 0 Å². The molecule has 0 aromatic carbocycles. The minimum absolute atomic E-state index is 0.454. The summed E-state index contributed by atoms with van der Waals surface area (Å²) in [5.74, 6) is 0. The van der Waals surface area contributed by atoms with Crippen LogP contribution in [0.2, 0.25) is 0 Å². The first kappa shape index (κ1) is 13.3. The van der Waals surface area contributed by atoms with Gasteiger partial charge in [-0.25, -0.2) is 0 Å². The molecule has 7 heteroatoms. The molecule has 6 N–H and O–H groups in total. The van der Waals surface area contributed by atoms with Crippen molar-refractivity contribution in [3.05, 3.63) is 0 Å². The van der Waals surface area contributed by atoms with Crippen LogP contribution in [0, 0.1) is 0 Å². The van der Waals surface area contributed by atoms with Gasteiger partial charge in [0.05, 0.1) is 0 Å². The number of hydrogen-bond acceptors (Lipinski definition) is 6. The predicted molar refractivity (Wildman–Crippen MR) is 50.8 cm³/mol. The monoisotopic (exact) mass is 255 g/mol. The van der Waals surface area contributed by atoms with E-state index in [9.17, 15) is 0 Å². The van der Waals surface area contributed by atoms with Crippen LogP contribution < -0.4 is 17.2 Å². The van der Waals surface area contributed by atoms with Crippen molar-refractivity contribution in [2.75, 3.05) is 39.5 Å². The second-order valence-electron chi connectivity index (χ2n) is 2.09. The SMILES string of the molecule is NCCO[As](OCCN)OCCN. The molecule has 0 radical (unpaired) electrons. The maximum atomic E-state index is 5.27. The summed E-state index contributed by atoms with van der Waals surface area (Å²) in [6.45, 7) is 2.75. The van der Waals surface area contributed by atoms with Crippen LogP contribution in [0.3, 0.4) is 0 Å². The molecule has 0 spiro atoms. The molecule has 0 atom stereocenters. The van der Waals surface area contributed by atoms with Gasteiger partial charge in [0.25, 0.3) is 0 Å². The number of nitrogens with two attached hydrogens (primary N) is 3. The Hall–Kier alpha value is 0.318. The first-order valence-electron chi connectivity index (χ1n) is 4.14. The minimum atomic E-state index is -2.09. The van der Waals surface area contributed by atoms with Gasteiger partial charge >= 0.3 is 83.5 Å². The fourth-order valence-electron chi connectivity index (χ4n) is 0.494. The number of rotatable bonds is 9. The van der Waals surface area contributed by atoms with Crippen molar-refractivity contribution in [2.45, 2.75) is 0 Å². The molecule has 0 aromatic rings. The summed E-state index contributed by atoms with van der Waals surface area (Å²) in [7, 11) is 0. The summed E-state index contributed by atoms with van der Waals surface area (Å²) in [6, 6.07) is 0. The summed E-state index contributed by atoms with van der Waals surface area (Å²) in [5.41, 5.74) is 15.8. The summed E-state index contributed by atoms with van der Waals surface area (Å²) in [4.78, 5) is 0. The zero-order valence-corrected chi connectivity index (χ0v) is 9.52. The molecule has 0 aliphatic carbocycles. The Kier molecular flexibility index (Phi) is 10.7. The van der Waals surface area contributed by atoms with E-state index in [1.165, 1.54) is 0 Å². The normalized spacial score (nSPS) is 11.1. The molecular formula is C6H18AsN3O3. The van der Waals surface area contributed by atoms with Gasteiger partial charge in [-0.1, -0.05) is 0 Å². The Morgan fingerprint density at radius 2 is 1.00 bits per heavy atom. The first-order valence-corrected chi connectivity index (χ1v) is 6.44. The van der Waals surface area contributed by atoms with Crippen molar-refractivity contribution in [1.29, 1.82) is 0 Å². The number of hydrogen-bond donors (Lipinski definition) is 3. The molecule has 0 aliphatic heterocycles. The van der Waals surface area contributed by atoms with Crippen molar-refractivity contribution in [3.8, 4) is 0 Å². The Balaban J connectivity index is 3.47. The summed E-state index contributed by atoms with van der Waals surface area (Å²) in [5, 5.41) is 0. The Morgan fingerprint density at radius 3 is 1.23 bits per heavy atom. The zero-order chi connectivity index (χ0) is 9.94. The topological polar surface area (TPSA) is 106 Å². The van der Waals surface area contributed by atoms with Crippen LogP contribution in [0.1, 0.15) is 0 Å². The van der Waals surface area contributed by atoms with Crippen molar-refractivity contribution in [3.63, 3.8) is 0 Å². The second-order valence-corrected chi connectivity index (χ2v) is 4.65. The van der Waals surface area contributed by atoms with E-state index in [2.05, 4.69) is 0 Å². The molecule has 0 saturated carbocycles. The average Bonchev–Trinajstić information content (AvgIpc) is 2.17. The van der Waals surface area contributed by atoms with Gasteiger partial charge in [0.1, 0.15) is 0 Å². The van der Waals surface area contributed by atoms with E-state index in [0.29, 0.717) is 39.5 Å². The van der Waals surface area contributed by atoms with Crippen LogP contribution in [-0.2, 0) is 11.2 Å². The van der Waals surface area contributed by atoms with E-state index in [1.807, 2.05) is 0 Å². The molecule has 0 saturated heterocycles. The standard InChI is InChI=1S/C6H18AsN3O3/c8-1-4-11-7(12-5-2-9)13-6-3-10/h1-6,8-10H2. The molecule has 80 valence electrons. The molecule has 6 nitrogen and oxygen atoms in total. The first-order chi connectivity index (χ1) is 6.35. The van der Waals surface area contributed by atoms with E-state index in [1.54, 1.807) is 0 Å². The molecule has 0 unspecified atom stereocenters. The predicted octanol–water partition coefficient (Wildman–Crippen LogP) is -2.10. The van der Waals surface area contributed by atoms with E-state index >= 15 is 0 Å². The van der Waals surface area contributed by atoms with Gasteiger partial charge in [-0.2, -0.15) is 0 Å². The van der Waals surface area contributed by atoms with Crippen molar-refractivity contribution >= 4 is 15.7 Å². The molecule has 0 heterocycles. The van der Waals surface area contributed by atoms with Gasteiger partial charge in [0.15, 0.2) is 0 Å². The molecule has 0 amide bonds. The van der Waals surface area contributed by atoms with Gasteiger partial charge in [-0.05, 0) is 0 Å². The Labute approximate surface area is 84.0 Å². The van der Waals surface area contributed by atoms with Crippen LogP contribution in [0.15, 0.2) is 0 Å². The Bertz CT molecular complexity index is 90.1. The summed E-state index contributed by atoms with van der Waals surface area (Å²) in [6.07, 6.45) is 0. The molecular weight excluding hydrogens is 237 g/mol. The maximum absolute atomic E-state index is 5.27. The quantitative estimate of drug-likeness (QED) is 0.407. The van der Waals surface area contributed by atoms with Gasteiger partial charge in [0.2, 0.25) is 0 Å². The third kappa shape index (κ3) is 8.64. The fraction of sp³-hybridized carbons (Fsp3) is 1.00. The zero-order valence-electron chi connectivity index (χ0n) is 7.65. The molecule has 13 heavy (non-hydrogen) atoms. The molecule has 0 aromatic heterocycles. The van der Waals surface area contributed by atoms with Crippen LogP contribution in [-0.4, -0.2) is 55.1 Å². The van der Waals surface area contributed by atoms with E-state index in [4.69, 9.17) is 28.4 Å². The molecule has 0 bridgehead atoms. The van der Waals surface area contributed by atoms with Crippen LogP contribution >= 0.6 is 0 Å². The van der Waals surface area contributed by atoms with Crippen molar-refractivity contribution in [2.24, 2.45) is 17.2 Å². The second kappa shape index (κ2) is 10.4. The van der Waals surface area contributed by atoms with E-state index in [0.717, 1.165) is 0 Å². The van der Waals surface area contributed by atoms with Gasteiger partial charge in [-0.3, -0.25) is 0 Å². The van der Waals surface area contributed by atoms with Gasteiger partial charge in [-0.15, -0.1) is 0 Å². The Morgan fingerprint density at radius 1 is 0.692 bits per heavy atom. The summed E-state index contributed by atoms with van der Waals surface area (Å²) >= 11 is -2.09. The molecule has 0 aliphatic rings. The van der Waals surface area contributed by atoms with E-state index < -0.39 is 15.7 Å².